The van der Waals surface area contributed by atoms with Gasteiger partial charge in [0.05, 0.1) is 24.9 Å². The highest BCUT2D eigenvalue weighted by Crippen LogP contribution is 2.17. The third-order valence-electron chi connectivity index (χ3n) is 2.40. The predicted molar refractivity (Wildman–Crippen MR) is 44.7 cm³/mol. The van der Waals surface area contributed by atoms with Crippen molar-refractivity contribution in [3.05, 3.63) is 0 Å². The summed E-state index contributed by atoms with van der Waals surface area (Å²) < 4.78 is 0. The Morgan fingerprint density at radius 3 is 2.17 bits per heavy atom. The van der Waals surface area contributed by atoms with Crippen LogP contribution >= 0.6 is 0 Å². The summed E-state index contributed by atoms with van der Waals surface area (Å²) in [5, 5.41) is 30.6. The highest BCUT2D eigenvalue weighted by Gasteiger charge is 2.39. The second kappa shape index (κ2) is 4.18. The monoisotopic (exact) mass is 175 g/mol. The number of hydrogen-bond donors (Lipinski definition) is 4. The Labute approximate surface area is 72.2 Å². The van der Waals surface area contributed by atoms with Crippen LogP contribution in [0.2, 0.25) is 0 Å². The topological polar surface area (TPSA) is 72.7 Å². The molecule has 1 aliphatic rings. The third kappa shape index (κ3) is 1.77. The van der Waals surface area contributed by atoms with Gasteiger partial charge in [0, 0.05) is 6.04 Å². The average Bonchev–Trinajstić information content (AvgIpc) is 2.33. The number of hydrogen-bond acceptors (Lipinski definition) is 4. The van der Waals surface area contributed by atoms with Gasteiger partial charge >= 0.3 is 0 Å². The fraction of sp³-hybridized carbons (Fsp3) is 1.00. The molecule has 0 amide bonds. The SMILES string of the molecule is CCC[C@H]1N[C@H](CO)[C@H](O)[C@H]1O. The van der Waals surface area contributed by atoms with Gasteiger partial charge in [0.15, 0.2) is 0 Å². The molecule has 0 aromatic rings. The van der Waals surface area contributed by atoms with Crippen LogP contribution in [-0.2, 0) is 0 Å². The lowest BCUT2D eigenvalue weighted by atomic mass is 10.1. The van der Waals surface area contributed by atoms with Crippen molar-refractivity contribution in [2.75, 3.05) is 6.61 Å². The summed E-state index contributed by atoms with van der Waals surface area (Å²) in [5.74, 6) is 0. The molecular weight excluding hydrogens is 158 g/mol. The van der Waals surface area contributed by atoms with E-state index >= 15 is 0 Å². The summed E-state index contributed by atoms with van der Waals surface area (Å²) >= 11 is 0. The van der Waals surface area contributed by atoms with E-state index in [0.29, 0.717) is 0 Å². The Hall–Kier alpha value is -0.160. The molecule has 0 aliphatic carbocycles. The number of rotatable bonds is 3. The van der Waals surface area contributed by atoms with Crippen LogP contribution in [0, 0.1) is 0 Å². The Balaban J connectivity index is 2.48. The van der Waals surface area contributed by atoms with Crippen molar-refractivity contribution in [3.63, 3.8) is 0 Å². The van der Waals surface area contributed by atoms with E-state index in [1.165, 1.54) is 0 Å². The quantitative estimate of drug-likeness (QED) is 0.436. The lowest BCUT2D eigenvalue weighted by Crippen LogP contribution is -2.36. The predicted octanol–water partition coefficient (Wildman–Crippen LogP) is -1.16. The van der Waals surface area contributed by atoms with Gasteiger partial charge in [-0.05, 0) is 6.42 Å². The first-order valence-electron chi connectivity index (χ1n) is 4.43. The van der Waals surface area contributed by atoms with Crippen molar-refractivity contribution in [3.8, 4) is 0 Å². The highest BCUT2D eigenvalue weighted by molar-refractivity contribution is 4.97. The molecule has 1 heterocycles. The Kier molecular flexibility index (Phi) is 3.46. The summed E-state index contributed by atoms with van der Waals surface area (Å²) in [5.41, 5.74) is 0. The summed E-state index contributed by atoms with van der Waals surface area (Å²) in [6.07, 6.45) is 0.225. The largest absolute Gasteiger partial charge is 0.395 e. The Morgan fingerprint density at radius 2 is 1.75 bits per heavy atom. The zero-order chi connectivity index (χ0) is 9.14. The highest BCUT2D eigenvalue weighted by atomic mass is 16.3. The Morgan fingerprint density at radius 1 is 1.17 bits per heavy atom. The van der Waals surface area contributed by atoms with E-state index in [1.807, 2.05) is 6.92 Å². The molecule has 4 atom stereocenters. The smallest absolute Gasteiger partial charge is 0.0989 e. The average molecular weight is 175 g/mol. The van der Waals surface area contributed by atoms with Gasteiger partial charge < -0.3 is 20.6 Å². The van der Waals surface area contributed by atoms with Crippen molar-refractivity contribution in [2.45, 2.75) is 44.1 Å². The van der Waals surface area contributed by atoms with E-state index in [1.54, 1.807) is 0 Å². The molecule has 0 spiro atoms. The van der Waals surface area contributed by atoms with Gasteiger partial charge in [0.2, 0.25) is 0 Å². The van der Waals surface area contributed by atoms with Crippen LogP contribution in [0.3, 0.4) is 0 Å². The molecule has 1 rings (SSSR count). The van der Waals surface area contributed by atoms with E-state index < -0.39 is 12.2 Å². The van der Waals surface area contributed by atoms with Crippen molar-refractivity contribution >= 4 is 0 Å². The molecular formula is C8H17NO3. The van der Waals surface area contributed by atoms with E-state index in [0.717, 1.165) is 12.8 Å². The maximum absolute atomic E-state index is 9.47. The van der Waals surface area contributed by atoms with E-state index in [-0.39, 0.29) is 18.7 Å². The van der Waals surface area contributed by atoms with Crippen LogP contribution in [0.4, 0.5) is 0 Å². The number of aliphatic hydroxyl groups excluding tert-OH is 3. The molecule has 4 N–H and O–H groups in total. The van der Waals surface area contributed by atoms with Crippen molar-refractivity contribution < 1.29 is 15.3 Å². The van der Waals surface area contributed by atoms with Gasteiger partial charge in [-0.2, -0.15) is 0 Å². The van der Waals surface area contributed by atoms with Gasteiger partial charge in [-0.25, -0.2) is 0 Å². The van der Waals surface area contributed by atoms with Crippen LogP contribution < -0.4 is 5.32 Å². The van der Waals surface area contributed by atoms with E-state index in [2.05, 4.69) is 5.32 Å². The first-order valence-corrected chi connectivity index (χ1v) is 4.43. The van der Waals surface area contributed by atoms with Gasteiger partial charge in [0.25, 0.3) is 0 Å². The van der Waals surface area contributed by atoms with Crippen LogP contribution in [-0.4, -0.2) is 46.2 Å². The summed E-state index contributed by atoms with van der Waals surface area (Å²) in [6, 6.07) is -0.432. The lowest BCUT2D eigenvalue weighted by molar-refractivity contribution is 0.0188. The second-order valence-electron chi connectivity index (χ2n) is 3.33. The Bertz CT molecular complexity index is 142. The summed E-state index contributed by atoms with van der Waals surface area (Å²) in [6.45, 7) is 1.89. The minimum atomic E-state index is -0.827. The zero-order valence-corrected chi connectivity index (χ0v) is 7.27. The molecule has 0 bridgehead atoms. The number of aliphatic hydroxyl groups is 3. The minimum Gasteiger partial charge on any atom is -0.395 e. The molecule has 72 valence electrons. The van der Waals surface area contributed by atoms with Crippen molar-refractivity contribution in [1.29, 1.82) is 0 Å². The minimum absolute atomic E-state index is 0.0675. The van der Waals surface area contributed by atoms with Crippen LogP contribution in [0.5, 0.6) is 0 Å². The fourth-order valence-corrected chi connectivity index (χ4v) is 1.67. The lowest BCUT2D eigenvalue weighted by Gasteiger charge is -2.14. The molecule has 1 aliphatic heterocycles. The van der Waals surface area contributed by atoms with Gasteiger partial charge in [-0.3, -0.25) is 0 Å². The normalized spacial score (nSPS) is 42.0. The summed E-state index contributed by atoms with van der Waals surface area (Å²) in [4.78, 5) is 0. The molecule has 1 saturated heterocycles. The maximum atomic E-state index is 9.47. The van der Waals surface area contributed by atoms with Crippen molar-refractivity contribution in [1.82, 2.24) is 5.32 Å². The zero-order valence-electron chi connectivity index (χ0n) is 7.27. The van der Waals surface area contributed by atoms with Gasteiger partial charge in [-0.1, -0.05) is 13.3 Å². The molecule has 0 saturated carbocycles. The van der Waals surface area contributed by atoms with E-state index in [9.17, 15) is 10.2 Å². The first kappa shape index (κ1) is 9.92. The molecule has 0 aromatic heterocycles. The van der Waals surface area contributed by atoms with Crippen LogP contribution in [0.1, 0.15) is 19.8 Å². The fourth-order valence-electron chi connectivity index (χ4n) is 1.67. The molecule has 12 heavy (non-hydrogen) atoms. The van der Waals surface area contributed by atoms with Crippen LogP contribution in [0.25, 0.3) is 0 Å². The maximum Gasteiger partial charge on any atom is 0.0989 e. The molecule has 4 nitrogen and oxygen atoms in total. The molecule has 0 aromatic carbocycles. The third-order valence-corrected chi connectivity index (χ3v) is 2.40. The van der Waals surface area contributed by atoms with Gasteiger partial charge in [-0.15, -0.1) is 0 Å². The van der Waals surface area contributed by atoms with Crippen LogP contribution in [0.15, 0.2) is 0 Å². The van der Waals surface area contributed by atoms with Gasteiger partial charge in [0.1, 0.15) is 0 Å². The van der Waals surface area contributed by atoms with Crippen molar-refractivity contribution in [2.24, 2.45) is 0 Å². The molecule has 0 radical (unpaired) electrons. The molecule has 0 unspecified atom stereocenters. The van der Waals surface area contributed by atoms with E-state index in [4.69, 9.17) is 5.11 Å². The number of nitrogens with one attached hydrogen (secondary N) is 1. The molecule has 4 heteroatoms. The standard InChI is InChI=1S/C8H17NO3/c1-2-3-5-7(11)8(12)6(4-10)9-5/h5-12H,2-4H2,1H3/t5-,6-,7+,8+/m1/s1. The first-order chi connectivity index (χ1) is 5.70. The second-order valence-corrected chi connectivity index (χ2v) is 3.33. The summed E-state index contributed by atoms with van der Waals surface area (Å²) in [7, 11) is 0. The molecule has 1 fully saturated rings.